The topological polar surface area (TPSA) is 83.5 Å². The summed E-state index contributed by atoms with van der Waals surface area (Å²) in [7, 11) is -4.00. The predicted molar refractivity (Wildman–Crippen MR) is 67.6 cm³/mol. The molecule has 0 aliphatic heterocycles. The van der Waals surface area contributed by atoms with Crippen LogP contribution in [0, 0.1) is 11.2 Å². The van der Waals surface area contributed by atoms with Gasteiger partial charge >= 0.3 is 5.97 Å². The normalized spacial score (nSPS) is 14.1. The Morgan fingerprint density at radius 2 is 1.74 bits per heavy atom. The third-order valence-corrected chi connectivity index (χ3v) is 3.95. The first-order chi connectivity index (χ1) is 8.54. The first-order valence-electron chi connectivity index (χ1n) is 5.55. The van der Waals surface area contributed by atoms with Crippen molar-refractivity contribution in [3.63, 3.8) is 0 Å². The largest absolute Gasteiger partial charge is 0.480 e. The van der Waals surface area contributed by atoms with Gasteiger partial charge in [0.2, 0.25) is 10.0 Å². The predicted octanol–water partition coefficient (Wildman–Crippen LogP) is 1.60. The van der Waals surface area contributed by atoms with E-state index in [1.54, 1.807) is 20.8 Å². The molecular weight excluding hydrogens is 273 g/mol. The van der Waals surface area contributed by atoms with Gasteiger partial charge in [-0.15, -0.1) is 0 Å². The minimum Gasteiger partial charge on any atom is -0.480 e. The second-order valence-corrected chi connectivity index (χ2v) is 6.93. The van der Waals surface area contributed by atoms with Crippen LogP contribution in [0.5, 0.6) is 0 Å². The smallest absolute Gasteiger partial charge is 0.322 e. The van der Waals surface area contributed by atoms with E-state index in [9.17, 15) is 17.6 Å². The number of carboxylic acids is 1. The Balaban J connectivity index is 3.08. The summed E-state index contributed by atoms with van der Waals surface area (Å²) in [6, 6.07) is 2.89. The van der Waals surface area contributed by atoms with Crippen LogP contribution in [-0.4, -0.2) is 25.5 Å². The lowest BCUT2D eigenvalue weighted by molar-refractivity contribution is -0.141. The Hall–Kier alpha value is -1.47. The molecule has 0 aliphatic carbocycles. The van der Waals surface area contributed by atoms with Gasteiger partial charge in [0.25, 0.3) is 0 Å². The number of hydrogen-bond acceptors (Lipinski definition) is 3. The molecule has 0 aromatic heterocycles. The second kappa shape index (κ2) is 5.26. The number of rotatable bonds is 4. The average Bonchev–Trinajstić information content (AvgIpc) is 2.24. The maximum Gasteiger partial charge on any atom is 0.322 e. The minimum atomic E-state index is -4.00. The molecule has 19 heavy (non-hydrogen) atoms. The van der Waals surface area contributed by atoms with Gasteiger partial charge in [-0.2, -0.15) is 4.72 Å². The van der Waals surface area contributed by atoms with Gasteiger partial charge in [0.05, 0.1) is 4.90 Å². The minimum absolute atomic E-state index is 0.176. The molecule has 2 N–H and O–H groups in total. The highest BCUT2D eigenvalue weighted by atomic mass is 32.2. The van der Waals surface area contributed by atoms with E-state index < -0.39 is 33.3 Å². The van der Waals surface area contributed by atoms with E-state index in [0.29, 0.717) is 0 Å². The summed E-state index contributed by atoms with van der Waals surface area (Å²) in [6.07, 6.45) is 0. The van der Waals surface area contributed by atoms with Crippen LogP contribution in [0.1, 0.15) is 20.8 Å². The second-order valence-electron chi connectivity index (χ2n) is 5.21. The third-order valence-electron chi connectivity index (χ3n) is 2.51. The van der Waals surface area contributed by atoms with Crippen molar-refractivity contribution >= 4 is 16.0 Å². The van der Waals surface area contributed by atoms with E-state index in [1.165, 1.54) is 0 Å². The maximum absolute atomic E-state index is 12.7. The summed E-state index contributed by atoms with van der Waals surface area (Å²) in [5, 5.41) is 9.08. The number of sulfonamides is 1. The zero-order chi connectivity index (χ0) is 14.8. The molecule has 0 bridgehead atoms. The number of carbonyl (C=O) groups is 1. The summed E-state index contributed by atoms with van der Waals surface area (Å²) >= 11 is 0. The average molecular weight is 289 g/mol. The highest BCUT2D eigenvalue weighted by Gasteiger charge is 2.35. The molecule has 0 spiro atoms. The summed E-state index contributed by atoms with van der Waals surface area (Å²) in [5.41, 5.74) is -0.793. The van der Waals surface area contributed by atoms with Crippen LogP contribution in [0.4, 0.5) is 4.39 Å². The Bertz CT molecular complexity index is 560. The van der Waals surface area contributed by atoms with E-state index >= 15 is 0 Å². The number of hydrogen-bond donors (Lipinski definition) is 2. The van der Waals surface area contributed by atoms with Crippen molar-refractivity contribution in [3.8, 4) is 0 Å². The fraction of sp³-hybridized carbons (Fsp3) is 0.417. The molecule has 0 heterocycles. The van der Waals surface area contributed by atoms with Gasteiger partial charge in [-0.1, -0.05) is 20.8 Å². The monoisotopic (exact) mass is 289 g/mol. The van der Waals surface area contributed by atoms with Crippen molar-refractivity contribution in [2.45, 2.75) is 31.7 Å². The summed E-state index contributed by atoms with van der Waals surface area (Å²) in [5.74, 6) is -1.83. The third kappa shape index (κ3) is 4.00. The lowest BCUT2D eigenvalue weighted by atomic mass is 9.88. The fourth-order valence-electron chi connectivity index (χ4n) is 1.43. The van der Waals surface area contributed by atoms with Gasteiger partial charge in [-0.05, 0) is 29.7 Å². The zero-order valence-electron chi connectivity index (χ0n) is 10.8. The number of benzene rings is 1. The van der Waals surface area contributed by atoms with Crippen molar-refractivity contribution < 1.29 is 22.7 Å². The van der Waals surface area contributed by atoms with Gasteiger partial charge in [-0.25, -0.2) is 12.8 Å². The van der Waals surface area contributed by atoms with Crippen molar-refractivity contribution in [2.24, 2.45) is 5.41 Å². The van der Waals surface area contributed by atoms with Gasteiger partial charge < -0.3 is 5.11 Å². The van der Waals surface area contributed by atoms with Crippen LogP contribution < -0.4 is 4.72 Å². The van der Waals surface area contributed by atoms with Crippen LogP contribution in [0.25, 0.3) is 0 Å². The van der Waals surface area contributed by atoms with E-state index in [1.807, 2.05) is 0 Å². The number of aliphatic carboxylic acids is 1. The van der Waals surface area contributed by atoms with Crippen molar-refractivity contribution in [2.75, 3.05) is 0 Å². The molecule has 7 heteroatoms. The fourth-order valence-corrected chi connectivity index (χ4v) is 2.83. The molecule has 5 nitrogen and oxygen atoms in total. The molecule has 0 saturated heterocycles. The Labute approximate surface area is 111 Å². The SMILES string of the molecule is CC(C)(C)[C@H](NS(=O)(=O)c1ccc(F)cc1)C(=O)O. The molecule has 1 atom stereocenters. The van der Waals surface area contributed by atoms with E-state index in [4.69, 9.17) is 5.11 Å². The van der Waals surface area contributed by atoms with Crippen LogP contribution in [0.3, 0.4) is 0 Å². The summed E-state index contributed by atoms with van der Waals surface area (Å²) < 4.78 is 38.9. The summed E-state index contributed by atoms with van der Waals surface area (Å²) in [4.78, 5) is 10.9. The van der Waals surface area contributed by atoms with Crippen molar-refractivity contribution in [3.05, 3.63) is 30.1 Å². The lowest BCUT2D eigenvalue weighted by Gasteiger charge is -2.27. The van der Waals surface area contributed by atoms with Crippen LogP contribution >= 0.6 is 0 Å². The highest BCUT2D eigenvalue weighted by Crippen LogP contribution is 2.21. The Kier molecular flexibility index (Phi) is 4.32. The Morgan fingerprint density at radius 3 is 2.11 bits per heavy atom. The first kappa shape index (κ1) is 15.6. The summed E-state index contributed by atoms with van der Waals surface area (Å²) in [6.45, 7) is 4.83. The van der Waals surface area contributed by atoms with Crippen molar-refractivity contribution in [1.29, 1.82) is 0 Å². The molecule has 1 aromatic carbocycles. The van der Waals surface area contributed by atoms with E-state index in [-0.39, 0.29) is 4.90 Å². The quantitative estimate of drug-likeness (QED) is 0.882. The van der Waals surface area contributed by atoms with Crippen molar-refractivity contribution in [1.82, 2.24) is 4.72 Å². The number of nitrogens with one attached hydrogen (secondary N) is 1. The van der Waals surface area contributed by atoms with E-state index in [2.05, 4.69) is 4.72 Å². The standard InChI is InChI=1S/C12H16FNO4S/c1-12(2,3)10(11(15)16)14-19(17,18)9-6-4-8(13)5-7-9/h4-7,10,14H,1-3H3,(H,15,16)/t10-/m1/s1. The molecule has 0 unspecified atom stereocenters. The first-order valence-corrected chi connectivity index (χ1v) is 7.03. The molecule has 0 fully saturated rings. The van der Waals surface area contributed by atoms with Crippen LogP contribution in [0.15, 0.2) is 29.2 Å². The molecule has 1 rings (SSSR count). The molecule has 0 radical (unpaired) electrons. The van der Waals surface area contributed by atoms with Gasteiger partial charge in [0.1, 0.15) is 11.9 Å². The maximum atomic E-state index is 12.7. The molecule has 0 aliphatic rings. The molecule has 1 aromatic rings. The molecule has 0 saturated carbocycles. The van der Waals surface area contributed by atoms with Crippen LogP contribution in [-0.2, 0) is 14.8 Å². The molecule has 106 valence electrons. The van der Waals surface area contributed by atoms with Gasteiger partial charge in [-0.3, -0.25) is 4.79 Å². The highest BCUT2D eigenvalue weighted by molar-refractivity contribution is 7.89. The van der Waals surface area contributed by atoms with Gasteiger partial charge in [0, 0.05) is 0 Å². The van der Waals surface area contributed by atoms with Crippen LogP contribution in [0.2, 0.25) is 0 Å². The molecule has 0 amide bonds. The lowest BCUT2D eigenvalue weighted by Crippen LogP contribution is -2.48. The van der Waals surface area contributed by atoms with E-state index in [0.717, 1.165) is 24.3 Å². The molecular formula is C12H16FNO4S. The number of halogens is 1. The van der Waals surface area contributed by atoms with Gasteiger partial charge in [0.15, 0.2) is 0 Å². The Morgan fingerprint density at radius 1 is 1.26 bits per heavy atom. The number of carboxylic acid groups (broad SMARTS) is 1. The zero-order valence-corrected chi connectivity index (χ0v) is 11.7.